The van der Waals surface area contributed by atoms with Gasteiger partial charge in [-0.05, 0) is 28.7 Å². The molecule has 1 aliphatic rings. The Bertz CT molecular complexity index is 1020. The van der Waals surface area contributed by atoms with E-state index in [-0.39, 0.29) is 11.9 Å². The summed E-state index contributed by atoms with van der Waals surface area (Å²) in [4.78, 5) is 29.8. The highest BCUT2D eigenvalue weighted by Crippen LogP contribution is 2.26. The summed E-state index contributed by atoms with van der Waals surface area (Å²) in [5.41, 5.74) is 4.31. The fraction of sp³-hybridized carbons (Fsp3) is 0.231. The van der Waals surface area contributed by atoms with Gasteiger partial charge in [0.25, 0.3) is 5.91 Å². The molecule has 0 unspecified atom stereocenters. The number of aryl methyl sites for hydroxylation is 1. The van der Waals surface area contributed by atoms with Gasteiger partial charge >= 0.3 is 6.03 Å². The monoisotopic (exact) mass is 398 g/mol. The molecule has 3 aromatic rings. The van der Waals surface area contributed by atoms with Gasteiger partial charge < -0.3 is 4.90 Å². The molecule has 4 rings (SSSR count). The van der Waals surface area contributed by atoms with Crippen LogP contribution in [-0.4, -0.2) is 27.8 Å². The van der Waals surface area contributed by atoms with Gasteiger partial charge in [-0.2, -0.15) is 0 Å². The van der Waals surface area contributed by atoms with Crippen LogP contribution in [0.4, 0.5) is 4.79 Å². The lowest BCUT2D eigenvalue weighted by Gasteiger charge is -2.23. The fourth-order valence-corrected chi connectivity index (χ4v) is 4.06. The van der Waals surface area contributed by atoms with Crippen LogP contribution in [0.15, 0.2) is 84.9 Å². The molecule has 4 heteroatoms. The highest BCUT2D eigenvalue weighted by Gasteiger charge is 2.44. The molecule has 1 saturated heterocycles. The van der Waals surface area contributed by atoms with Crippen LogP contribution in [0.1, 0.15) is 29.2 Å². The molecule has 1 aliphatic heterocycles. The molecule has 0 aliphatic carbocycles. The lowest BCUT2D eigenvalue weighted by Crippen LogP contribution is -2.36. The van der Waals surface area contributed by atoms with E-state index < -0.39 is 6.04 Å². The molecule has 1 fully saturated rings. The predicted octanol–water partition coefficient (Wildman–Crippen LogP) is 4.82. The fourth-order valence-electron chi connectivity index (χ4n) is 4.06. The number of rotatable bonds is 7. The minimum atomic E-state index is -0.492. The standard InChI is InChI=1S/C26H26N2O2/c1-2-22-15-9-10-16-23(22)19-27-24(17-20-11-5-3-6-12-20)25(29)28(26(27)30)18-21-13-7-4-8-14-21/h3-16,24H,2,17-19H2,1H3/t24-/m0/s1. The lowest BCUT2D eigenvalue weighted by molar-refractivity contribution is -0.128. The zero-order chi connectivity index (χ0) is 20.9. The molecule has 0 N–H and O–H groups in total. The van der Waals surface area contributed by atoms with E-state index in [0.717, 1.165) is 23.1 Å². The summed E-state index contributed by atoms with van der Waals surface area (Å²) >= 11 is 0. The van der Waals surface area contributed by atoms with Crippen molar-refractivity contribution in [3.05, 3.63) is 107 Å². The van der Waals surface area contributed by atoms with Crippen LogP contribution in [0.3, 0.4) is 0 Å². The lowest BCUT2D eigenvalue weighted by atomic mass is 10.0. The summed E-state index contributed by atoms with van der Waals surface area (Å²) in [7, 11) is 0. The minimum Gasteiger partial charge on any atom is -0.308 e. The zero-order valence-electron chi connectivity index (χ0n) is 17.2. The molecule has 0 bridgehead atoms. The summed E-state index contributed by atoms with van der Waals surface area (Å²) in [5.74, 6) is -0.123. The van der Waals surface area contributed by atoms with E-state index >= 15 is 0 Å². The maximum Gasteiger partial charge on any atom is 0.328 e. The summed E-state index contributed by atoms with van der Waals surface area (Å²) in [6.07, 6.45) is 1.41. The van der Waals surface area contributed by atoms with Gasteiger partial charge in [0.1, 0.15) is 6.04 Å². The highest BCUT2D eigenvalue weighted by molar-refractivity contribution is 6.04. The van der Waals surface area contributed by atoms with E-state index in [0.29, 0.717) is 19.5 Å². The third-order valence-corrected chi connectivity index (χ3v) is 5.70. The second-order valence-electron chi connectivity index (χ2n) is 7.65. The van der Waals surface area contributed by atoms with Crippen LogP contribution in [-0.2, 0) is 30.7 Å². The van der Waals surface area contributed by atoms with Crippen molar-refractivity contribution < 1.29 is 9.59 Å². The van der Waals surface area contributed by atoms with E-state index in [1.54, 1.807) is 4.90 Å². The molecule has 1 atom stereocenters. The topological polar surface area (TPSA) is 40.6 Å². The Labute approximate surface area is 177 Å². The van der Waals surface area contributed by atoms with Crippen LogP contribution >= 0.6 is 0 Å². The first-order valence-corrected chi connectivity index (χ1v) is 10.4. The molecular weight excluding hydrogens is 372 g/mol. The Morgan fingerprint density at radius 1 is 0.700 bits per heavy atom. The molecular formula is C26H26N2O2. The van der Waals surface area contributed by atoms with E-state index in [1.165, 1.54) is 10.5 Å². The maximum absolute atomic E-state index is 13.4. The first kappa shape index (κ1) is 19.9. The van der Waals surface area contributed by atoms with E-state index in [9.17, 15) is 9.59 Å². The van der Waals surface area contributed by atoms with Crippen LogP contribution in [0.5, 0.6) is 0 Å². The van der Waals surface area contributed by atoms with Crippen molar-refractivity contribution in [3.63, 3.8) is 0 Å². The number of hydrogen-bond acceptors (Lipinski definition) is 2. The molecule has 0 spiro atoms. The van der Waals surface area contributed by atoms with Crippen molar-refractivity contribution in [2.75, 3.05) is 0 Å². The number of benzene rings is 3. The second-order valence-corrected chi connectivity index (χ2v) is 7.65. The predicted molar refractivity (Wildman–Crippen MR) is 118 cm³/mol. The van der Waals surface area contributed by atoms with E-state index in [2.05, 4.69) is 19.1 Å². The maximum atomic E-state index is 13.4. The summed E-state index contributed by atoms with van der Waals surface area (Å²) in [6, 6.07) is 27.0. The van der Waals surface area contributed by atoms with Gasteiger partial charge in [0, 0.05) is 13.0 Å². The normalized spacial score (nSPS) is 16.4. The molecule has 3 aromatic carbocycles. The Morgan fingerprint density at radius 3 is 1.90 bits per heavy atom. The smallest absolute Gasteiger partial charge is 0.308 e. The quantitative estimate of drug-likeness (QED) is 0.535. The molecule has 152 valence electrons. The van der Waals surface area contributed by atoms with Crippen LogP contribution in [0, 0.1) is 0 Å². The molecule has 30 heavy (non-hydrogen) atoms. The molecule has 1 heterocycles. The number of hydrogen-bond donors (Lipinski definition) is 0. The second kappa shape index (κ2) is 8.95. The number of imide groups is 1. The third kappa shape index (κ3) is 4.13. The first-order chi connectivity index (χ1) is 14.7. The average molecular weight is 399 g/mol. The van der Waals surface area contributed by atoms with E-state index in [4.69, 9.17) is 0 Å². The molecule has 0 aromatic heterocycles. The Kier molecular flexibility index (Phi) is 5.94. The van der Waals surface area contributed by atoms with Crippen molar-refractivity contribution >= 4 is 11.9 Å². The average Bonchev–Trinajstić information content (AvgIpc) is 3.00. The van der Waals surface area contributed by atoms with Gasteiger partial charge in [-0.15, -0.1) is 0 Å². The van der Waals surface area contributed by atoms with Gasteiger partial charge in [0.15, 0.2) is 0 Å². The van der Waals surface area contributed by atoms with Gasteiger partial charge in [-0.25, -0.2) is 4.79 Å². The first-order valence-electron chi connectivity index (χ1n) is 10.4. The summed E-state index contributed by atoms with van der Waals surface area (Å²) < 4.78 is 0. The van der Waals surface area contributed by atoms with Gasteiger partial charge in [0.05, 0.1) is 6.54 Å². The van der Waals surface area contributed by atoms with Crippen molar-refractivity contribution in [2.45, 2.75) is 38.9 Å². The molecule has 3 amide bonds. The SMILES string of the molecule is CCc1ccccc1CN1C(=O)N(Cc2ccccc2)C(=O)[C@@H]1Cc1ccccc1. The van der Waals surface area contributed by atoms with Gasteiger partial charge in [-0.1, -0.05) is 91.9 Å². The van der Waals surface area contributed by atoms with Gasteiger partial charge in [0.2, 0.25) is 0 Å². The van der Waals surface area contributed by atoms with E-state index in [1.807, 2.05) is 72.8 Å². The van der Waals surface area contributed by atoms with Gasteiger partial charge in [-0.3, -0.25) is 9.69 Å². The molecule has 0 radical (unpaired) electrons. The van der Waals surface area contributed by atoms with Crippen molar-refractivity contribution in [1.29, 1.82) is 0 Å². The Morgan fingerprint density at radius 2 is 1.27 bits per heavy atom. The van der Waals surface area contributed by atoms with Crippen LogP contribution < -0.4 is 0 Å². The minimum absolute atomic E-state index is 0.123. The number of urea groups is 1. The van der Waals surface area contributed by atoms with Crippen molar-refractivity contribution in [3.8, 4) is 0 Å². The number of carbonyl (C=O) groups is 2. The van der Waals surface area contributed by atoms with Crippen molar-refractivity contribution in [2.24, 2.45) is 0 Å². The molecule has 4 nitrogen and oxygen atoms in total. The highest BCUT2D eigenvalue weighted by atomic mass is 16.2. The van der Waals surface area contributed by atoms with Crippen LogP contribution in [0.2, 0.25) is 0 Å². The molecule has 0 saturated carbocycles. The van der Waals surface area contributed by atoms with Crippen molar-refractivity contribution in [1.82, 2.24) is 9.80 Å². The Hall–Kier alpha value is -3.40. The largest absolute Gasteiger partial charge is 0.328 e. The van der Waals surface area contributed by atoms with Crippen LogP contribution in [0.25, 0.3) is 0 Å². The summed E-state index contributed by atoms with van der Waals surface area (Å²) in [6.45, 7) is 2.85. The number of amides is 3. The number of nitrogens with zero attached hydrogens (tertiary/aromatic N) is 2. The third-order valence-electron chi connectivity index (χ3n) is 5.70. The number of carbonyl (C=O) groups excluding carboxylic acids is 2. The zero-order valence-corrected chi connectivity index (χ0v) is 17.2. The summed E-state index contributed by atoms with van der Waals surface area (Å²) in [5, 5.41) is 0. The Balaban J connectivity index is 1.64.